The van der Waals surface area contributed by atoms with Gasteiger partial charge in [-0.15, -0.1) is 0 Å². The zero-order valence-corrected chi connectivity index (χ0v) is 12.7. The summed E-state index contributed by atoms with van der Waals surface area (Å²) in [4.78, 5) is 8.59. The van der Waals surface area contributed by atoms with Crippen LogP contribution >= 0.6 is 15.9 Å². The molecule has 1 N–H and O–H groups in total. The van der Waals surface area contributed by atoms with Gasteiger partial charge in [-0.25, -0.2) is 9.37 Å². The lowest BCUT2D eigenvalue weighted by atomic mass is 10.2. The van der Waals surface area contributed by atoms with Crippen molar-refractivity contribution < 1.29 is 9.13 Å². The van der Waals surface area contributed by atoms with Gasteiger partial charge in [0.25, 0.3) is 0 Å². The minimum absolute atomic E-state index is 0.107. The molecule has 0 aliphatic heterocycles. The number of halogens is 2. The highest BCUT2D eigenvalue weighted by Gasteiger charge is 2.12. The largest absolute Gasteiger partial charge is 0.435 e. The van der Waals surface area contributed by atoms with Gasteiger partial charge in [0.2, 0.25) is 11.8 Å². The lowest BCUT2D eigenvalue weighted by Gasteiger charge is -2.10. The molecule has 0 unspecified atom stereocenters. The van der Waals surface area contributed by atoms with Gasteiger partial charge in [0.05, 0.1) is 10.9 Å². The van der Waals surface area contributed by atoms with Crippen LogP contribution in [0.2, 0.25) is 0 Å². The van der Waals surface area contributed by atoms with Crippen LogP contribution in [0.15, 0.2) is 46.9 Å². The van der Waals surface area contributed by atoms with Crippen LogP contribution in [0.1, 0.15) is 0 Å². The van der Waals surface area contributed by atoms with Gasteiger partial charge in [-0.1, -0.05) is 28.1 Å². The zero-order chi connectivity index (χ0) is 14.8. The molecule has 1 aromatic heterocycles. The SMILES string of the molecule is CNc1nc(Oc2cc(Br)ccc2F)c2ccccc2n1. The molecular weight excluding hydrogens is 337 g/mol. The molecule has 2 aromatic carbocycles. The Bertz CT molecular complexity index is 810. The van der Waals surface area contributed by atoms with Crippen molar-refractivity contribution in [3.8, 4) is 11.6 Å². The van der Waals surface area contributed by atoms with E-state index in [0.717, 1.165) is 15.4 Å². The monoisotopic (exact) mass is 347 g/mol. The first-order chi connectivity index (χ1) is 10.2. The summed E-state index contributed by atoms with van der Waals surface area (Å²) >= 11 is 3.30. The quantitative estimate of drug-likeness (QED) is 0.764. The Kier molecular flexibility index (Phi) is 3.70. The number of nitrogens with one attached hydrogen (secondary N) is 1. The van der Waals surface area contributed by atoms with Crippen LogP contribution in [0.4, 0.5) is 10.3 Å². The molecule has 4 nitrogen and oxygen atoms in total. The Morgan fingerprint density at radius 3 is 2.76 bits per heavy atom. The highest BCUT2D eigenvalue weighted by atomic mass is 79.9. The van der Waals surface area contributed by atoms with Gasteiger partial charge in [-0.2, -0.15) is 4.98 Å². The lowest BCUT2D eigenvalue weighted by molar-refractivity contribution is 0.432. The number of fused-ring (bicyclic) bond motifs is 1. The zero-order valence-electron chi connectivity index (χ0n) is 11.1. The Labute approximate surface area is 129 Å². The number of rotatable bonds is 3. The molecule has 0 atom stereocenters. The highest BCUT2D eigenvalue weighted by molar-refractivity contribution is 9.10. The van der Waals surface area contributed by atoms with E-state index < -0.39 is 5.82 Å². The normalized spacial score (nSPS) is 10.6. The van der Waals surface area contributed by atoms with Crippen molar-refractivity contribution in [1.29, 1.82) is 0 Å². The van der Waals surface area contributed by atoms with Gasteiger partial charge in [-0.3, -0.25) is 0 Å². The van der Waals surface area contributed by atoms with Gasteiger partial charge in [0.15, 0.2) is 11.6 Å². The third kappa shape index (κ3) is 2.80. The highest BCUT2D eigenvalue weighted by Crippen LogP contribution is 2.31. The number of aromatic nitrogens is 2. The van der Waals surface area contributed by atoms with E-state index in [4.69, 9.17) is 4.74 Å². The lowest BCUT2D eigenvalue weighted by Crippen LogP contribution is -2.00. The summed E-state index contributed by atoms with van der Waals surface area (Å²) in [6, 6.07) is 11.9. The van der Waals surface area contributed by atoms with Gasteiger partial charge < -0.3 is 10.1 Å². The van der Waals surface area contributed by atoms with Crippen LogP contribution < -0.4 is 10.1 Å². The number of ether oxygens (including phenoxy) is 1. The number of hydrogen-bond acceptors (Lipinski definition) is 4. The fourth-order valence-corrected chi connectivity index (χ4v) is 2.24. The molecule has 0 amide bonds. The molecule has 0 fully saturated rings. The second-order valence-electron chi connectivity index (χ2n) is 4.30. The van der Waals surface area contributed by atoms with E-state index in [1.54, 1.807) is 19.2 Å². The predicted octanol–water partition coefficient (Wildman–Crippen LogP) is 4.37. The van der Waals surface area contributed by atoms with E-state index in [9.17, 15) is 4.39 Å². The van der Waals surface area contributed by atoms with Crippen LogP contribution in [0, 0.1) is 5.82 Å². The number of benzene rings is 2. The fourth-order valence-electron chi connectivity index (χ4n) is 1.90. The van der Waals surface area contributed by atoms with Crippen LogP contribution in [-0.4, -0.2) is 17.0 Å². The van der Waals surface area contributed by atoms with Crippen molar-refractivity contribution >= 4 is 32.8 Å². The summed E-state index contributed by atoms with van der Waals surface area (Å²) < 4.78 is 20.2. The summed E-state index contributed by atoms with van der Waals surface area (Å²) in [5.41, 5.74) is 0.724. The summed E-state index contributed by atoms with van der Waals surface area (Å²) in [5.74, 6) is 0.378. The topological polar surface area (TPSA) is 47.0 Å². The Morgan fingerprint density at radius 1 is 1.14 bits per heavy atom. The molecule has 6 heteroatoms. The Hall–Kier alpha value is -2.21. The maximum absolute atomic E-state index is 13.8. The van der Waals surface area contributed by atoms with Crippen molar-refractivity contribution in [2.45, 2.75) is 0 Å². The minimum Gasteiger partial charge on any atom is -0.435 e. The average Bonchev–Trinajstić information content (AvgIpc) is 2.50. The number of anilines is 1. The summed E-state index contributed by atoms with van der Waals surface area (Å²) in [5, 5.41) is 3.58. The first-order valence-electron chi connectivity index (χ1n) is 6.25. The third-order valence-electron chi connectivity index (χ3n) is 2.89. The number of hydrogen-bond donors (Lipinski definition) is 1. The third-order valence-corrected chi connectivity index (χ3v) is 3.38. The Morgan fingerprint density at radius 2 is 1.95 bits per heavy atom. The van der Waals surface area contributed by atoms with Gasteiger partial charge in [0, 0.05) is 11.5 Å². The molecule has 0 aliphatic rings. The van der Waals surface area contributed by atoms with E-state index in [1.165, 1.54) is 6.07 Å². The van der Waals surface area contributed by atoms with E-state index in [1.807, 2.05) is 24.3 Å². The summed E-state index contributed by atoms with van der Waals surface area (Å²) in [7, 11) is 1.72. The van der Waals surface area contributed by atoms with Crippen LogP contribution in [0.5, 0.6) is 11.6 Å². The Balaban J connectivity index is 2.13. The van der Waals surface area contributed by atoms with Crippen molar-refractivity contribution in [1.82, 2.24) is 9.97 Å². The van der Waals surface area contributed by atoms with Gasteiger partial charge in [0.1, 0.15) is 0 Å². The number of nitrogens with zero attached hydrogens (tertiary/aromatic N) is 2. The first-order valence-corrected chi connectivity index (χ1v) is 7.04. The smallest absolute Gasteiger partial charge is 0.232 e. The number of para-hydroxylation sites is 1. The predicted molar refractivity (Wildman–Crippen MR) is 83.3 cm³/mol. The molecule has 106 valence electrons. The van der Waals surface area contributed by atoms with E-state index in [-0.39, 0.29) is 5.75 Å². The second kappa shape index (κ2) is 5.65. The molecule has 0 bridgehead atoms. The standard InChI is InChI=1S/C15H11BrFN3O/c1-18-15-19-12-5-3-2-4-10(12)14(20-15)21-13-8-9(16)6-7-11(13)17/h2-8H,1H3,(H,18,19,20). The summed E-state index contributed by atoms with van der Waals surface area (Å²) in [6.45, 7) is 0. The van der Waals surface area contributed by atoms with Crippen molar-refractivity contribution in [2.75, 3.05) is 12.4 Å². The maximum atomic E-state index is 13.8. The van der Waals surface area contributed by atoms with Crippen molar-refractivity contribution in [3.63, 3.8) is 0 Å². The molecule has 1 heterocycles. The second-order valence-corrected chi connectivity index (χ2v) is 5.21. The molecular formula is C15H11BrFN3O. The molecule has 3 aromatic rings. The van der Waals surface area contributed by atoms with Crippen molar-refractivity contribution in [3.05, 3.63) is 52.8 Å². The average molecular weight is 348 g/mol. The first kappa shape index (κ1) is 13.8. The van der Waals surface area contributed by atoms with Crippen LogP contribution in [-0.2, 0) is 0 Å². The maximum Gasteiger partial charge on any atom is 0.232 e. The van der Waals surface area contributed by atoms with Gasteiger partial charge >= 0.3 is 0 Å². The van der Waals surface area contributed by atoms with E-state index >= 15 is 0 Å². The molecule has 0 saturated heterocycles. The molecule has 21 heavy (non-hydrogen) atoms. The summed E-state index contributed by atoms with van der Waals surface area (Å²) in [6.07, 6.45) is 0. The van der Waals surface area contributed by atoms with E-state index in [0.29, 0.717) is 11.8 Å². The van der Waals surface area contributed by atoms with Crippen molar-refractivity contribution in [2.24, 2.45) is 0 Å². The molecule has 0 spiro atoms. The van der Waals surface area contributed by atoms with Crippen LogP contribution in [0.3, 0.4) is 0 Å². The minimum atomic E-state index is -0.452. The van der Waals surface area contributed by atoms with Crippen LogP contribution in [0.25, 0.3) is 10.9 Å². The molecule has 3 rings (SSSR count). The molecule has 0 radical (unpaired) electrons. The molecule has 0 saturated carbocycles. The molecule has 0 aliphatic carbocycles. The van der Waals surface area contributed by atoms with Gasteiger partial charge in [-0.05, 0) is 30.3 Å². The fraction of sp³-hybridized carbons (Fsp3) is 0.0667. The van der Waals surface area contributed by atoms with E-state index in [2.05, 4.69) is 31.2 Å².